The van der Waals surface area contributed by atoms with Crippen molar-refractivity contribution in [3.05, 3.63) is 90.5 Å². The lowest BCUT2D eigenvalue weighted by Crippen LogP contribution is -2.54. The summed E-state index contributed by atoms with van der Waals surface area (Å²) in [6.45, 7) is 7.05. The molecule has 0 saturated heterocycles. The van der Waals surface area contributed by atoms with Gasteiger partial charge in [0.05, 0.1) is 102 Å². The van der Waals surface area contributed by atoms with Crippen LogP contribution in [0.1, 0.15) is 74.8 Å². The molecule has 2 aromatic heterocycles. The van der Waals surface area contributed by atoms with Crippen molar-refractivity contribution in [2.24, 2.45) is 11.7 Å². The van der Waals surface area contributed by atoms with E-state index < -0.39 is 47.7 Å². The summed E-state index contributed by atoms with van der Waals surface area (Å²) in [6.07, 6.45) is 9.30. The van der Waals surface area contributed by atoms with Gasteiger partial charge in [0, 0.05) is 68.6 Å². The van der Waals surface area contributed by atoms with Gasteiger partial charge in [0.25, 0.3) is 17.7 Å². The zero-order chi connectivity index (χ0) is 60.9. The van der Waals surface area contributed by atoms with E-state index in [1.54, 1.807) is 74.8 Å². The summed E-state index contributed by atoms with van der Waals surface area (Å²) in [5.74, 6) is -2.61. The molecule has 4 heterocycles. The monoisotopic (exact) mass is 1180 g/mol. The number of urea groups is 1. The molecule has 0 unspecified atom stereocenters. The average molecular weight is 1180 g/mol. The normalized spacial score (nSPS) is 13.8. The third-order valence-electron chi connectivity index (χ3n) is 13.0. The van der Waals surface area contributed by atoms with Gasteiger partial charge in [-0.2, -0.15) is 0 Å². The summed E-state index contributed by atoms with van der Waals surface area (Å²) in [5, 5.41) is 13.6. The third kappa shape index (κ3) is 22.4. The van der Waals surface area contributed by atoms with Gasteiger partial charge in [-0.3, -0.25) is 43.4 Å². The van der Waals surface area contributed by atoms with Crippen LogP contribution < -0.4 is 52.4 Å². The number of imide groups is 1. The Morgan fingerprint density at radius 2 is 1.51 bits per heavy atom. The van der Waals surface area contributed by atoms with Crippen molar-refractivity contribution in [2.45, 2.75) is 77.5 Å². The molecule has 2 atom stereocenters. The van der Waals surface area contributed by atoms with E-state index in [2.05, 4.69) is 41.5 Å². The first-order valence-electron chi connectivity index (χ1n) is 28.1. The quantitative estimate of drug-likeness (QED) is 0.0204. The summed E-state index contributed by atoms with van der Waals surface area (Å²) >= 11 is 0. The summed E-state index contributed by atoms with van der Waals surface area (Å²) < 4.78 is 39.7. The van der Waals surface area contributed by atoms with E-state index in [1.165, 1.54) is 18.3 Å². The molecule has 2 aliphatic rings. The van der Waals surface area contributed by atoms with Crippen LogP contribution in [0.25, 0.3) is 11.3 Å². The van der Waals surface area contributed by atoms with E-state index in [9.17, 15) is 38.4 Å². The Kier molecular flexibility index (Phi) is 26.7. The maximum Gasteiger partial charge on any atom is 0.312 e. The molecule has 0 radical (unpaired) electrons. The Morgan fingerprint density at radius 3 is 2.21 bits per heavy atom. The molecule has 6 rings (SSSR count). The number of rotatable bonds is 33. The van der Waals surface area contributed by atoms with E-state index in [0.29, 0.717) is 91.9 Å². The molecule has 4 bridgehead atoms. The number of nitrogen functional groups attached to an aromatic ring is 1. The van der Waals surface area contributed by atoms with Gasteiger partial charge in [-0.25, -0.2) is 14.8 Å². The predicted molar refractivity (Wildman–Crippen MR) is 311 cm³/mol. The molecule has 0 saturated carbocycles. The highest BCUT2D eigenvalue weighted by Crippen LogP contribution is 2.31. The number of nitrogens with one attached hydrogen (secondary N) is 5. The number of nitrogens with zero attached hydrogens (tertiary/aromatic N) is 5. The lowest BCUT2D eigenvalue weighted by atomic mass is 10.0. The second kappa shape index (κ2) is 34.7. The van der Waals surface area contributed by atoms with Crippen LogP contribution in [0.2, 0.25) is 0 Å². The number of unbranched alkanes of at least 4 members (excludes halogenated alkanes) is 1. The Hall–Kier alpha value is -8.79. The lowest BCUT2D eigenvalue weighted by molar-refractivity contribution is -0.145. The number of amides is 8. The Balaban J connectivity index is 0.885. The van der Waals surface area contributed by atoms with Crippen LogP contribution in [-0.4, -0.2) is 172 Å². The van der Waals surface area contributed by atoms with E-state index in [-0.39, 0.29) is 114 Å². The van der Waals surface area contributed by atoms with Gasteiger partial charge < -0.3 is 76.1 Å². The van der Waals surface area contributed by atoms with Crippen molar-refractivity contribution in [1.82, 2.24) is 35.8 Å². The smallest absolute Gasteiger partial charge is 0.312 e. The zero-order valence-corrected chi connectivity index (χ0v) is 48.1. The van der Waals surface area contributed by atoms with Crippen LogP contribution in [-0.2, 0) is 59.1 Å². The zero-order valence-electron chi connectivity index (χ0n) is 48.1. The van der Waals surface area contributed by atoms with Crippen LogP contribution in [0.4, 0.5) is 27.7 Å². The van der Waals surface area contributed by atoms with Crippen molar-refractivity contribution in [2.75, 3.05) is 114 Å². The summed E-state index contributed by atoms with van der Waals surface area (Å²) in [7, 11) is 1.91. The minimum atomic E-state index is -1.06. The summed E-state index contributed by atoms with van der Waals surface area (Å²) in [5.41, 5.74) is 14.6. The molecule has 9 N–H and O–H groups in total. The van der Waals surface area contributed by atoms with Crippen molar-refractivity contribution in [3.63, 3.8) is 0 Å². The highest BCUT2D eigenvalue weighted by Gasteiger charge is 2.29. The number of aromatic nitrogens is 3. The number of benzene rings is 2. The van der Waals surface area contributed by atoms with Gasteiger partial charge in [-0.1, -0.05) is 26.0 Å². The summed E-state index contributed by atoms with van der Waals surface area (Å²) in [4.78, 5) is 117. The number of nitrogens with two attached hydrogens (primary N) is 2. The SMILES string of the molecule is CC(C)[C@H](NC(=O)CCOCCOCCOCCOCCN1C(=O)C=CC1=O)C(=O)N[C@@H](CCCNC(N)=O)C(=O)Nc1ccc(COC(=O)CCCCOc2cc3cc(c2)-c2cnc(N)c(n2)C(=O)Nc2cnccc2N(C)CCCO3)cc1. The van der Waals surface area contributed by atoms with Gasteiger partial charge >= 0.3 is 12.0 Å². The predicted octanol–water partition coefficient (Wildman–Crippen LogP) is 3.28. The van der Waals surface area contributed by atoms with Crippen LogP contribution >= 0.6 is 0 Å². The molecule has 27 heteroatoms. The van der Waals surface area contributed by atoms with Crippen LogP contribution in [0.3, 0.4) is 0 Å². The second-order valence-corrected chi connectivity index (χ2v) is 19.9. The Labute approximate surface area is 492 Å². The fourth-order valence-electron chi connectivity index (χ4n) is 8.47. The number of primary amides is 1. The molecular formula is C58H76N12O15. The van der Waals surface area contributed by atoms with Crippen LogP contribution in [0.5, 0.6) is 11.5 Å². The van der Waals surface area contributed by atoms with Gasteiger partial charge in [0.2, 0.25) is 17.7 Å². The number of fused-ring (bicyclic) bond motifs is 6. The Morgan fingerprint density at radius 1 is 0.800 bits per heavy atom. The molecule has 27 nitrogen and oxygen atoms in total. The van der Waals surface area contributed by atoms with Gasteiger partial charge in [-0.05, 0) is 73.9 Å². The van der Waals surface area contributed by atoms with E-state index in [1.807, 2.05) is 11.9 Å². The molecule has 0 fully saturated rings. The Bertz CT molecular complexity index is 2910. The third-order valence-corrected chi connectivity index (χ3v) is 13.0. The highest BCUT2D eigenvalue weighted by molar-refractivity contribution is 6.13. The second-order valence-electron chi connectivity index (χ2n) is 19.9. The first-order valence-corrected chi connectivity index (χ1v) is 28.1. The first-order chi connectivity index (χ1) is 41.0. The first kappa shape index (κ1) is 65.4. The largest absolute Gasteiger partial charge is 0.493 e. The lowest BCUT2D eigenvalue weighted by Gasteiger charge is -2.25. The topological polar surface area (TPSA) is 359 Å². The number of hydrogen-bond acceptors (Lipinski definition) is 20. The molecule has 0 spiro atoms. The van der Waals surface area contributed by atoms with E-state index in [0.717, 1.165) is 10.6 Å². The number of carbonyl (C=O) groups is 8. The molecule has 85 heavy (non-hydrogen) atoms. The van der Waals surface area contributed by atoms with Crippen molar-refractivity contribution < 1.29 is 71.5 Å². The van der Waals surface area contributed by atoms with Crippen molar-refractivity contribution >= 4 is 70.3 Å². The van der Waals surface area contributed by atoms with Crippen molar-refractivity contribution in [1.29, 1.82) is 0 Å². The number of esters is 1. The standard InChI is InChI=1S/C58H76N12O15/c1-38(2)52(68-48(71)17-24-79-26-28-81-30-31-82-29-27-80-25-21-70-49(72)14-15-50(70)73)56(76)66-44(8-6-18-62-58(60)78)55(75)64-41-12-10-39(11-13-41)37-85-51(74)9-4-5-22-83-42-32-40-33-43(34-42)84-23-7-20-69(3)47-16-19-61-35-46(47)67-57(77)53-54(59)63-36-45(40)65-53/h10-16,19,32-36,38,44,52H,4-9,17-18,20-31,37H2,1-3H3,(H2,59,63)(H,64,75)(H,66,76)(H,67,77)(H,68,71)(H3,60,62,78)/t44-,52-/m0/s1. The fraction of sp³-hybridized carbons (Fsp3) is 0.466. The van der Waals surface area contributed by atoms with E-state index >= 15 is 0 Å². The van der Waals surface area contributed by atoms with Gasteiger partial charge in [0.15, 0.2) is 11.5 Å². The molecule has 8 amide bonds. The average Bonchev–Trinajstić information content (AvgIpc) is 3.98. The van der Waals surface area contributed by atoms with Gasteiger partial charge in [0.1, 0.15) is 30.2 Å². The number of anilines is 4. The highest BCUT2D eigenvalue weighted by atomic mass is 16.6. The minimum absolute atomic E-state index is 0.0164. The number of pyridine rings is 1. The number of hydrogen-bond donors (Lipinski definition) is 7. The molecule has 2 aromatic carbocycles. The molecule has 4 aromatic rings. The van der Waals surface area contributed by atoms with E-state index in [4.69, 9.17) is 44.6 Å². The molecular weight excluding hydrogens is 1100 g/mol. The molecule has 458 valence electrons. The maximum atomic E-state index is 13.7. The molecule has 2 aliphatic heterocycles. The molecule has 0 aliphatic carbocycles. The number of ether oxygens (including phenoxy) is 7. The minimum Gasteiger partial charge on any atom is -0.493 e. The number of carbonyl (C=O) groups excluding carboxylic acids is 8. The van der Waals surface area contributed by atoms with Crippen LogP contribution in [0, 0.1) is 5.92 Å². The maximum absolute atomic E-state index is 13.7. The fourth-order valence-corrected chi connectivity index (χ4v) is 8.47. The van der Waals surface area contributed by atoms with Gasteiger partial charge in [-0.15, -0.1) is 0 Å². The van der Waals surface area contributed by atoms with Crippen LogP contribution in [0.15, 0.2) is 79.3 Å². The summed E-state index contributed by atoms with van der Waals surface area (Å²) in [6, 6.07) is 11.0. The van der Waals surface area contributed by atoms with Crippen molar-refractivity contribution in [3.8, 4) is 22.8 Å².